The number of hydrogen-bond acceptors (Lipinski definition) is 6. The zero-order valence-electron chi connectivity index (χ0n) is 24.3. The van der Waals surface area contributed by atoms with Crippen molar-refractivity contribution in [1.82, 2.24) is 0 Å². The van der Waals surface area contributed by atoms with Gasteiger partial charge in [0.1, 0.15) is 17.8 Å². The van der Waals surface area contributed by atoms with Gasteiger partial charge in [-0.3, -0.25) is 4.79 Å². The molecule has 208 valence electrons. The van der Waals surface area contributed by atoms with Gasteiger partial charge in [-0.05, 0) is 77.4 Å². The first-order chi connectivity index (χ1) is 19.2. The maximum Gasteiger partial charge on any atom is 0.182 e. The molecule has 0 atom stereocenters. The highest BCUT2D eigenvalue weighted by molar-refractivity contribution is 6.09. The summed E-state index contributed by atoms with van der Waals surface area (Å²) in [6, 6.07) is 31.9. The molecule has 1 N–H and O–H groups in total. The molecule has 0 aromatic heterocycles. The second kappa shape index (κ2) is 12.3. The molecule has 0 unspecified atom stereocenters. The van der Waals surface area contributed by atoms with Gasteiger partial charge in [-0.25, -0.2) is 0 Å². The second-order valence-electron chi connectivity index (χ2n) is 10.5. The Morgan fingerprint density at radius 1 is 0.600 bits per heavy atom. The number of nitrogens with zero attached hydrogens (tertiary/aromatic N) is 3. The van der Waals surface area contributed by atoms with Gasteiger partial charge in [-0.1, -0.05) is 36.4 Å². The number of anilines is 3. The van der Waals surface area contributed by atoms with Gasteiger partial charge >= 0.3 is 0 Å². The number of ketones is 1. The summed E-state index contributed by atoms with van der Waals surface area (Å²) in [6.07, 6.45) is 0. The fraction of sp³-hybridized carbons (Fsp3) is 0.265. The number of aliphatic hydroxyl groups is 1. The molecule has 0 saturated carbocycles. The van der Waals surface area contributed by atoms with Crippen LogP contribution in [0.15, 0.2) is 97.1 Å². The molecule has 0 bridgehead atoms. The van der Waals surface area contributed by atoms with Crippen LogP contribution in [0.25, 0.3) is 0 Å². The van der Waals surface area contributed by atoms with Crippen LogP contribution in [-0.2, 0) is 5.41 Å². The van der Waals surface area contributed by atoms with E-state index in [0.717, 1.165) is 33.8 Å². The van der Waals surface area contributed by atoms with Crippen molar-refractivity contribution in [2.75, 3.05) is 70.2 Å². The van der Waals surface area contributed by atoms with Crippen molar-refractivity contribution < 1.29 is 14.6 Å². The molecule has 0 spiro atoms. The zero-order valence-corrected chi connectivity index (χ0v) is 24.3. The number of rotatable bonds is 11. The molecule has 0 radical (unpaired) electrons. The van der Waals surface area contributed by atoms with Crippen molar-refractivity contribution in [2.45, 2.75) is 5.41 Å². The van der Waals surface area contributed by atoms with Crippen molar-refractivity contribution in [3.63, 3.8) is 0 Å². The molecule has 0 fully saturated rings. The van der Waals surface area contributed by atoms with Gasteiger partial charge in [-0.15, -0.1) is 0 Å². The minimum atomic E-state index is -1.10. The molecular weight excluding hydrogens is 498 g/mol. The largest absolute Gasteiger partial charge is 0.491 e. The number of Topliss-reactive ketones (excluding diaryl/α,β-unsaturated/α-hetero) is 1. The SMILES string of the molecule is CN(C)c1ccc(C(C(=O)c2ccc(OCCO)cc2)(c2ccc(N(C)C)cc2)c2ccc(N(C)C)cc2)cc1. The summed E-state index contributed by atoms with van der Waals surface area (Å²) in [5.74, 6) is 0.575. The van der Waals surface area contributed by atoms with Crippen LogP contribution in [0.4, 0.5) is 17.1 Å². The molecule has 40 heavy (non-hydrogen) atoms. The van der Waals surface area contributed by atoms with Gasteiger partial charge in [-0.2, -0.15) is 0 Å². The normalized spacial score (nSPS) is 11.2. The number of hydrogen-bond donors (Lipinski definition) is 1. The molecule has 0 amide bonds. The highest BCUT2D eigenvalue weighted by Crippen LogP contribution is 2.43. The van der Waals surface area contributed by atoms with Gasteiger partial charge in [0.05, 0.1) is 6.61 Å². The summed E-state index contributed by atoms with van der Waals surface area (Å²) in [7, 11) is 12.0. The van der Waals surface area contributed by atoms with Crippen LogP contribution in [0, 0.1) is 0 Å². The van der Waals surface area contributed by atoms with Crippen LogP contribution in [0.5, 0.6) is 5.75 Å². The molecule has 4 rings (SSSR count). The second-order valence-corrected chi connectivity index (χ2v) is 10.5. The van der Waals surface area contributed by atoms with Crippen LogP contribution in [0.3, 0.4) is 0 Å². The van der Waals surface area contributed by atoms with E-state index in [2.05, 4.69) is 87.5 Å². The summed E-state index contributed by atoms with van der Waals surface area (Å²) in [5, 5.41) is 9.13. The Labute approximate surface area is 238 Å². The lowest BCUT2D eigenvalue weighted by Gasteiger charge is -2.35. The van der Waals surface area contributed by atoms with Gasteiger partial charge in [0.25, 0.3) is 0 Å². The van der Waals surface area contributed by atoms with E-state index < -0.39 is 5.41 Å². The fourth-order valence-electron chi connectivity index (χ4n) is 5.00. The Morgan fingerprint density at radius 3 is 1.25 bits per heavy atom. The first-order valence-electron chi connectivity index (χ1n) is 13.4. The van der Waals surface area contributed by atoms with Crippen LogP contribution < -0.4 is 19.4 Å². The Bertz CT molecular complexity index is 1270. The van der Waals surface area contributed by atoms with E-state index in [1.165, 1.54) is 0 Å². The molecule has 0 heterocycles. The van der Waals surface area contributed by atoms with Crippen molar-refractivity contribution in [1.29, 1.82) is 0 Å². The maximum atomic E-state index is 14.9. The van der Waals surface area contributed by atoms with Crippen molar-refractivity contribution in [3.05, 3.63) is 119 Å². The van der Waals surface area contributed by atoms with Gasteiger partial charge in [0.2, 0.25) is 0 Å². The number of ether oxygens (including phenoxy) is 1. The summed E-state index contributed by atoms with van der Waals surface area (Å²) >= 11 is 0. The van der Waals surface area contributed by atoms with Crippen molar-refractivity contribution in [3.8, 4) is 5.75 Å². The Balaban J connectivity index is 1.99. The highest BCUT2D eigenvalue weighted by atomic mass is 16.5. The number of carbonyl (C=O) groups is 1. The van der Waals surface area contributed by atoms with Crippen LogP contribution >= 0.6 is 0 Å². The van der Waals surface area contributed by atoms with E-state index in [-0.39, 0.29) is 19.0 Å². The van der Waals surface area contributed by atoms with Crippen molar-refractivity contribution in [2.24, 2.45) is 0 Å². The standard InChI is InChI=1S/C34H39N3O3/c1-35(2)29-15-9-26(10-16-29)34(27-11-17-30(18-12-27)36(3)4,28-13-19-31(20-14-28)37(5)6)33(39)25-7-21-32(22-8-25)40-24-23-38/h7-22,38H,23-24H2,1-6H3. The Hall–Kier alpha value is -4.29. The van der Waals surface area contributed by atoms with E-state index in [1.54, 1.807) is 24.3 Å². The van der Waals surface area contributed by atoms with E-state index in [4.69, 9.17) is 9.84 Å². The first kappa shape index (κ1) is 28.7. The zero-order chi connectivity index (χ0) is 28.9. The summed E-state index contributed by atoms with van der Waals surface area (Å²) in [6.45, 7) is 0.129. The van der Waals surface area contributed by atoms with E-state index in [1.807, 2.05) is 42.3 Å². The number of benzene rings is 4. The summed E-state index contributed by atoms with van der Waals surface area (Å²) in [4.78, 5) is 21.1. The quantitative estimate of drug-likeness (QED) is 0.202. The molecule has 4 aromatic carbocycles. The lowest BCUT2D eigenvalue weighted by Crippen LogP contribution is -2.39. The van der Waals surface area contributed by atoms with E-state index >= 15 is 0 Å². The average Bonchev–Trinajstić information content (AvgIpc) is 2.97. The topological polar surface area (TPSA) is 56.3 Å². The predicted octanol–water partition coefficient (Wildman–Crippen LogP) is 5.47. The average molecular weight is 538 g/mol. The Kier molecular flexibility index (Phi) is 8.80. The lowest BCUT2D eigenvalue weighted by molar-refractivity contribution is 0.0935. The third-order valence-electron chi connectivity index (χ3n) is 7.27. The van der Waals surface area contributed by atoms with Crippen LogP contribution in [-0.4, -0.2) is 66.4 Å². The third-order valence-corrected chi connectivity index (χ3v) is 7.27. The van der Waals surface area contributed by atoms with E-state index in [9.17, 15) is 4.79 Å². The van der Waals surface area contributed by atoms with E-state index in [0.29, 0.717) is 11.3 Å². The fourth-order valence-corrected chi connectivity index (χ4v) is 5.00. The first-order valence-corrected chi connectivity index (χ1v) is 13.4. The van der Waals surface area contributed by atoms with Crippen LogP contribution in [0.1, 0.15) is 27.0 Å². The Morgan fingerprint density at radius 2 is 0.950 bits per heavy atom. The molecule has 4 aromatic rings. The smallest absolute Gasteiger partial charge is 0.182 e. The lowest BCUT2D eigenvalue weighted by atomic mass is 9.65. The molecule has 0 saturated heterocycles. The van der Waals surface area contributed by atoms with Crippen molar-refractivity contribution >= 4 is 22.8 Å². The molecule has 0 aliphatic rings. The number of carbonyl (C=O) groups excluding carboxylic acids is 1. The molecule has 0 aliphatic carbocycles. The molecular formula is C34H39N3O3. The minimum absolute atomic E-state index is 0.0333. The van der Waals surface area contributed by atoms with Gasteiger partial charge in [0.15, 0.2) is 5.78 Å². The monoisotopic (exact) mass is 537 g/mol. The van der Waals surface area contributed by atoms with Gasteiger partial charge < -0.3 is 24.5 Å². The molecule has 6 nitrogen and oxygen atoms in total. The maximum absolute atomic E-state index is 14.9. The predicted molar refractivity (Wildman–Crippen MR) is 166 cm³/mol. The number of aliphatic hydroxyl groups excluding tert-OH is 1. The third kappa shape index (κ3) is 5.68. The summed E-state index contributed by atoms with van der Waals surface area (Å²) < 4.78 is 5.56. The van der Waals surface area contributed by atoms with Gasteiger partial charge in [0, 0.05) is 64.9 Å². The molecule has 6 heteroatoms. The molecule has 0 aliphatic heterocycles. The highest BCUT2D eigenvalue weighted by Gasteiger charge is 2.44. The van der Waals surface area contributed by atoms with Crippen LogP contribution in [0.2, 0.25) is 0 Å². The summed E-state index contributed by atoms with van der Waals surface area (Å²) in [5.41, 5.74) is 5.30. The minimum Gasteiger partial charge on any atom is -0.491 e.